The van der Waals surface area contributed by atoms with E-state index in [1.165, 1.54) is 37.1 Å². The van der Waals surface area contributed by atoms with Gasteiger partial charge in [-0.15, -0.1) is 24.0 Å². The van der Waals surface area contributed by atoms with Crippen LogP contribution in [0.15, 0.2) is 29.3 Å². The van der Waals surface area contributed by atoms with Crippen molar-refractivity contribution in [2.75, 3.05) is 26.2 Å². The minimum absolute atomic E-state index is 0. The number of likely N-dealkylation sites (tertiary alicyclic amines) is 1. The molecular weight excluding hydrogens is 423 g/mol. The van der Waals surface area contributed by atoms with E-state index in [2.05, 4.69) is 67.5 Å². The number of aryl methyl sites for hydroxylation is 1. The molecule has 1 aliphatic rings. The van der Waals surface area contributed by atoms with Gasteiger partial charge in [0.1, 0.15) is 0 Å². The summed E-state index contributed by atoms with van der Waals surface area (Å²) in [4.78, 5) is 7.34. The molecule has 25 heavy (non-hydrogen) atoms. The van der Waals surface area contributed by atoms with Crippen molar-refractivity contribution in [3.05, 3.63) is 35.4 Å². The minimum atomic E-state index is 0. The Bertz CT molecular complexity index is 505. The lowest BCUT2D eigenvalue weighted by Crippen LogP contribution is -2.41. The lowest BCUT2D eigenvalue weighted by molar-refractivity contribution is 0.180. The van der Waals surface area contributed by atoms with Crippen molar-refractivity contribution in [1.82, 2.24) is 15.5 Å². The highest BCUT2D eigenvalue weighted by molar-refractivity contribution is 14.0. The fourth-order valence-electron chi connectivity index (χ4n) is 3.09. The summed E-state index contributed by atoms with van der Waals surface area (Å²) >= 11 is 0. The monoisotopic (exact) mass is 458 g/mol. The Balaban J connectivity index is 0.00000312. The molecule has 1 heterocycles. The van der Waals surface area contributed by atoms with Crippen LogP contribution in [-0.2, 0) is 6.54 Å². The number of benzene rings is 1. The summed E-state index contributed by atoms with van der Waals surface area (Å²) in [7, 11) is 0. The van der Waals surface area contributed by atoms with Crippen LogP contribution < -0.4 is 10.6 Å². The Morgan fingerprint density at radius 1 is 1.20 bits per heavy atom. The summed E-state index contributed by atoms with van der Waals surface area (Å²) in [5, 5.41) is 6.72. The first-order valence-electron chi connectivity index (χ1n) is 9.39. The molecule has 0 aliphatic carbocycles. The van der Waals surface area contributed by atoms with E-state index in [0.29, 0.717) is 12.0 Å². The molecule has 0 saturated carbocycles. The highest BCUT2D eigenvalue weighted by Gasteiger charge is 2.19. The van der Waals surface area contributed by atoms with Gasteiger partial charge in [0, 0.05) is 25.7 Å². The summed E-state index contributed by atoms with van der Waals surface area (Å²) in [6, 6.07) is 9.35. The normalized spacial score (nSPS) is 16.6. The first-order valence-corrected chi connectivity index (χ1v) is 9.39. The number of hydrogen-bond acceptors (Lipinski definition) is 2. The Morgan fingerprint density at radius 3 is 2.40 bits per heavy atom. The number of rotatable bonds is 6. The van der Waals surface area contributed by atoms with Gasteiger partial charge in [-0.05, 0) is 65.1 Å². The molecule has 0 spiro atoms. The number of hydrogen-bond donors (Lipinski definition) is 2. The van der Waals surface area contributed by atoms with Crippen LogP contribution in [0.4, 0.5) is 0 Å². The van der Waals surface area contributed by atoms with E-state index in [0.717, 1.165) is 25.6 Å². The first kappa shape index (κ1) is 22.2. The van der Waals surface area contributed by atoms with Crippen LogP contribution in [0.5, 0.6) is 0 Å². The maximum Gasteiger partial charge on any atom is 0.191 e. The van der Waals surface area contributed by atoms with Crippen LogP contribution in [0.2, 0.25) is 0 Å². The number of halogens is 1. The van der Waals surface area contributed by atoms with Gasteiger partial charge in [-0.25, -0.2) is 0 Å². The molecule has 142 valence electrons. The standard InChI is InChI=1S/C20H34N4.HI/c1-5-21-20(23-16(2)3)22-14-18-10-12-24(13-11-18)15-19-8-6-17(4)7-9-19;/h6-9,16,18H,5,10-15H2,1-4H3,(H2,21,22,23);1H. The van der Waals surface area contributed by atoms with E-state index in [1.54, 1.807) is 0 Å². The van der Waals surface area contributed by atoms with Crippen LogP contribution in [0.1, 0.15) is 44.7 Å². The van der Waals surface area contributed by atoms with Crippen molar-refractivity contribution in [1.29, 1.82) is 0 Å². The van der Waals surface area contributed by atoms with Crippen LogP contribution in [0.3, 0.4) is 0 Å². The molecule has 0 aromatic heterocycles. The van der Waals surface area contributed by atoms with Crippen LogP contribution in [0.25, 0.3) is 0 Å². The van der Waals surface area contributed by atoms with E-state index in [-0.39, 0.29) is 24.0 Å². The fourth-order valence-corrected chi connectivity index (χ4v) is 3.09. The molecule has 1 aliphatic heterocycles. The van der Waals surface area contributed by atoms with Gasteiger partial charge in [-0.3, -0.25) is 9.89 Å². The van der Waals surface area contributed by atoms with Gasteiger partial charge in [0.25, 0.3) is 0 Å². The molecule has 2 N–H and O–H groups in total. The molecule has 0 amide bonds. The molecule has 5 heteroatoms. The smallest absolute Gasteiger partial charge is 0.191 e. The largest absolute Gasteiger partial charge is 0.357 e. The van der Waals surface area contributed by atoms with E-state index in [1.807, 2.05) is 0 Å². The van der Waals surface area contributed by atoms with Crippen molar-refractivity contribution in [3.8, 4) is 0 Å². The Morgan fingerprint density at radius 2 is 1.84 bits per heavy atom. The summed E-state index contributed by atoms with van der Waals surface area (Å²) in [6.07, 6.45) is 2.49. The maximum atomic E-state index is 4.77. The maximum absolute atomic E-state index is 4.77. The van der Waals surface area contributed by atoms with Crippen molar-refractivity contribution in [3.63, 3.8) is 0 Å². The van der Waals surface area contributed by atoms with Gasteiger partial charge in [0.2, 0.25) is 0 Å². The summed E-state index contributed by atoms with van der Waals surface area (Å²) in [6.45, 7) is 13.8. The second-order valence-electron chi connectivity index (χ2n) is 7.22. The van der Waals surface area contributed by atoms with Crippen LogP contribution >= 0.6 is 24.0 Å². The van der Waals surface area contributed by atoms with Crippen LogP contribution in [0, 0.1) is 12.8 Å². The highest BCUT2D eigenvalue weighted by atomic mass is 127. The Kier molecular flexibility index (Phi) is 10.4. The van der Waals surface area contributed by atoms with Gasteiger partial charge in [0.05, 0.1) is 0 Å². The Labute approximate surface area is 170 Å². The molecule has 0 radical (unpaired) electrons. The second kappa shape index (κ2) is 11.7. The SMILES string of the molecule is CCNC(=NCC1CCN(Cc2ccc(C)cc2)CC1)NC(C)C.I. The topological polar surface area (TPSA) is 39.7 Å². The zero-order chi connectivity index (χ0) is 17.4. The second-order valence-corrected chi connectivity index (χ2v) is 7.22. The average molecular weight is 458 g/mol. The van der Waals surface area contributed by atoms with E-state index in [9.17, 15) is 0 Å². The highest BCUT2D eigenvalue weighted by Crippen LogP contribution is 2.19. The van der Waals surface area contributed by atoms with Crippen molar-refractivity contribution < 1.29 is 0 Å². The molecule has 0 atom stereocenters. The van der Waals surface area contributed by atoms with Gasteiger partial charge in [-0.1, -0.05) is 29.8 Å². The minimum Gasteiger partial charge on any atom is -0.357 e. The fraction of sp³-hybridized carbons (Fsp3) is 0.650. The van der Waals surface area contributed by atoms with E-state index >= 15 is 0 Å². The predicted octanol–water partition coefficient (Wildman–Crippen LogP) is 3.79. The summed E-state index contributed by atoms with van der Waals surface area (Å²) in [5.41, 5.74) is 2.76. The molecule has 2 rings (SSSR count). The summed E-state index contributed by atoms with van der Waals surface area (Å²) < 4.78 is 0. The van der Waals surface area contributed by atoms with Crippen molar-refractivity contribution in [2.24, 2.45) is 10.9 Å². The molecule has 0 bridgehead atoms. The first-order chi connectivity index (χ1) is 11.6. The number of piperidine rings is 1. The molecule has 1 aromatic carbocycles. The number of nitrogens with one attached hydrogen (secondary N) is 2. The van der Waals surface area contributed by atoms with Crippen molar-refractivity contribution >= 4 is 29.9 Å². The molecular formula is C20H35IN4. The zero-order valence-electron chi connectivity index (χ0n) is 16.2. The lowest BCUT2D eigenvalue weighted by atomic mass is 9.96. The molecule has 4 nitrogen and oxygen atoms in total. The number of guanidine groups is 1. The number of nitrogens with zero attached hydrogens (tertiary/aromatic N) is 2. The third-order valence-corrected chi connectivity index (χ3v) is 4.51. The van der Waals surface area contributed by atoms with Gasteiger partial charge < -0.3 is 10.6 Å². The Hall–Kier alpha value is -0.820. The molecule has 1 saturated heterocycles. The lowest BCUT2D eigenvalue weighted by Gasteiger charge is -2.31. The molecule has 1 aromatic rings. The molecule has 1 fully saturated rings. The third kappa shape index (κ3) is 8.40. The van der Waals surface area contributed by atoms with Gasteiger partial charge in [0.15, 0.2) is 5.96 Å². The third-order valence-electron chi connectivity index (χ3n) is 4.51. The quantitative estimate of drug-likeness (QED) is 0.387. The average Bonchev–Trinajstić information content (AvgIpc) is 2.56. The molecule has 0 unspecified atom stereocenters. The van der Waals surface area contributed by atoms with Gasteiger partial charge >= 0.3 is 0 Å². The van der Waals surface area contributed by atoms with Crippen molar-refractivity contribution in [2.45, 2.75) is 53.1 Å². The van der Waals surface area contributed by atoms with Crippen LogP contribution in [-0.4, -0.2) is 43.1 Å². The summed E-state index contributed by atoms with van der Waals surface area (Å²) in [5.74, 6) is 1.66. The number of aliphatic imine (C=N–C) groups is 1. The zero-order valence-corrected chi connectivity index (χ0v) is 18.5. The predicted molar refractivity (Wildman–Crippen MR) is 119 cm³/mol. The van der Waals surface area contributed by atoms with E-state index in [4.69, 9.17) is 4.99 Å². The van der Waals surface area contributed by atoms with Gasteiger partial charge in [-0.2, -0.15) is 0 Å². The van der Waals surface area contributed by atoms with E-state index < -0.39 is 0 Å².